The molecular formula is C13H15NO3. The van der Waals surface area contributed by atoms with Crippen molar-refractivity contribution in [3.05, 3.63) is 28.8 Å². The van der Waals surface area contributed by atoms with Crippen LogP contribution in [0.25, 0.3) is 0 Å². The minimum atomic E-state index is -1.53. The molecule has 1 N–H and O–H groups in total. The van der Waals surface area contributed by atoms with Gasteiger partial charge in [-0.05, 0) is 43.5 Å². The van der Waals surface area contributed by atoms with Gasteiger partial charge in [-0.3, -0.25) is 4.79 Å². The fourth-order valence-corrected chi connectivity index (χ4v) is 1.78. The van der Waals surface area contributed by atoms with Crippen molar-refractivity contribution in [2.45, 2.75) is 26.2 Å². The summed E-state index contributed by atoms with van der Waals surface area (Å²) in [6.45, 7) is 5.05. The Labute approximate surface area is 100 Å². The van der Waals surface area contributed by atoms with E-state index in [0.29, 0.717) is 11.3 Å². The van der Waals surface area contributed by atoms with Gasteiger partial charge in [0.25, 0.3) is 0 Å². The highest BCUT2D eigenvalue weighted by Gasteiger charge is 2.37. The number of hydrogen-bond donors (Lipinski definition) is 1. The second kappa shape index (κ2) is 4.46. The largest absolute Gasteiger partial charge is 0.496 e. The number of benzene rings is 1. The zero-order chi connectivity index (χ0) is 13.2. The van der Waals surface area contributed by atoms with E-state index in [4.69, 9.17) is 10.00 Å². The Kier molecular flexibility index (Phi) is 3.42. The molecule has 4 heteroatoms. The molecule has 1 unspecified atom stereocenters. The minimum Gasteiger partial charge on any atom is -0.496 e. The quantitative estimate of drug-likeness (QED) is 0.868. The molecule has 1 atom stereocenters. The first-order chi connectivity index (χ1) is 7.88. The third-order valence-corrected chi connectivity index (χ3v) is 3.15. The lowest BCUT2D eigenvalue weighted by Gasteiger charge is -2.21. The van der Waals surface area contributed by atoms with Crippen LogP contribution in [-0.4, -0.2) is 18.2 Å². The van der Waals surface area contributed by atoms with Crippen LogP contribution < -0.4 is 4.74 Å². The summed E-state index contributed by atoms with van der Waals surface area (Å²) in [5, 5.41) is 18.3. The molecule has 1 rings (SSSR count). The second-order valence-corrected chi connectivity index (χ2v) is 4.11. The van der Waals surface area contributed by atoms with Gasteiger partial charge < -0.3 is 9.84 Å². The molecule has 0 aliphatic heterocycles. The molecular weight excluding hydrogens is 218 g/mol. The Hall–Kier alpha value is -2.02. The van der Waals surface area contributed by atoms with Crippen molar-refractivity contribution in [3.8, 4) is 11.8 Å². The summed E-state index contributed by atoms with van der Waals surface area (Å²) < 4.78 is 5.16. The van der Waals surface area contributed by atoms with Gasteiger partial charge in [0.1, 0.15) is 5.75 Å². The predicted molar refractivity (Wildman–Crippen MR) is 63.1 cm³/mol. The SMILES string of the molecule is COc1ccc(C(C)(C#N)C(=O)O)c(C)c1C. The van der Waals surface area contributed by atoms with E-state index in [1.165, 1.54) is 6.92 Å². The Bertz CT molecular complexity index is 502. The first-order valence-electron chi connectivity index (χ1n) is 5.17. The maximum atomic E-state index is 11.2. The Morgan fingerprint density at radius 1 is 1.41 bits per heavy atom. The number of methoxy groups -OCH3 is 1. The van der Waals surface area contributed by atoms with E-state index in [-0.39, 0.29) is 0 Å². The molecule has 0 fully saturated rings. The fourth-order valence-electron chi connectivity index (χ4n) is 1.78. The van der Waals surface area contributed by atoms with Gasteiger partial charge in [0.05, 0.1) is 13.2 Å². The summed E-state index contributed by atoms with van der Waals surface area (Å²) in [5.74, 6) is -0.454. The summed E-state index contributed by atoms with van der Waals surface area (Å²) in [7, 11) is 1.56. The Morgan fingerprint density at radius 3 is 2.41 bits per heavy atom. The predicted octanol–water partition coefficient (Wildman–Crippen LogP) is 2.18. The summed E-state index contributed by atoms with van der Waals surface area (Å²) >= 11 is 0. The van der Waals surface area contributed by atoms with Gasteiger partial charge in [-0.25, -0.2) is 0 Å². The zero-order valence-electron chi connectivity index (χ0n) is 10.4. The molecule has 90 valence electrons. The van der Waals surface area contributed by atoms with Gasteiger partial charge in [-0.1, -0.05) is 6.07 Å². The lowest BCUT2D eigenvalue weighted by atomic mass is 9.80. The third-order valence-electron chi connectivity index (χ3n) is 3.15. The van der Waals surface area contributed by atoms with Crippen LogP contribution in [0.1, 0.15) is 23.6 Å². The summed E-state index contributed by atoms with van der Waals surface area (Å²) in [4.78, 5) is 11.2. The number of carboxylic acid groups (broad SMARTS) is 1. The number of carbonyl (C=O) groups is 1. The summed E-state index contributed by atoms with van der Waals surface area (Å²) in [5.41, 5.74) is 0.607. The van der Waals surface area contributed by atoms with Crippen LogP contribution in [-0.2, 0) is 10.2 Å². The smallest absolute Gasteiger partial charge is 0.328 e. The van der Waals surface area contributed by atoms with Crippen LogP contribution >= 0.6 is 0 Å². The van der Waals surface area contributed by atoms with Gasteiger partial charge in [0.15, 0.2) is 5.41 Å². The number of rotatable bonds is 3. The van der Waals surface area contributed by atoms with E-state index >= 15 is 0 Å². The van der Waals surface area contributed by atoms with Gasteiger partial charge in [-0.15, -0.1) is 0 Å². The molecule has 0 aromatic heterocycles. The summed E-state index contributed by atoms with van der Waals surface area (Å²) in [6.07, 6.45) is 0. The molecule has 0 radical (unpaired) electrons. The molecule has 4 nitrogen and oxygen atoms in total. The van der Waals surface area contributed by atoms with E-state index in [9.17, 15) is 9.90 Å². The zero-order valence-corrected chi connectivity index (χ0v) is 10.4. The Morgan fingerprint density at radius 2 is 2.00 bits per heavy atom. The van der Waals surface area contributed by atoms with Crippen LogP contribution in [0.4, 0.5) is 0 Å². The maximum Gasteiger partial charge on any atom is 0.328 e. The maximum absolute atomic E-state index is 11.2. The molecule has 1 aromatic rings. The number of nitrogens with zero attached hydrogens (tertiary/aromatic N) is 1. The van der Waals surface area contributed by atoms with Crippen LogP contribution in [0, 0.1) is 25.2 Å². The Balaban J connectivity index is 3.49. The minimum absolute atomic E-state index is 0.505. The van der Waals surface area contributed by atoms with Crippen LogP contribution in [0.2, 0.25) is 0 Å². The molecule has 1 aromatic carbocycles. The molecule has 0 spiro atoms. The number of carboxylic acids is 1. The highest BCUT2D eigenvalue weighted by Crippen LogP contribution is 2.32. The van der Waals surface area contributed by atoms with Crippen molar-refractivity contribution < 1.29 is 14.6 Å². The molecule has 0 aliphatic rings. The molecule has 0 heterocycles. The number of ether oxygens (including phenoxy) is 1. The fraction of sp³-hybridized carbons (Fsp3) is 0.385. The van der Waals surface area contributed by atoms with E-state index in [1.807, 2.05) is 13.0 Å². The van der Waals surface area contributed by atoms with Crippen molar-refractivity contribution >= 4 is 5.97 Å². The number of nitriles is 1. The van der Waals surface area contributed by atoms with Crippen molar-refractivity contribution in [3.63, 3.8) is 0 Å². The van der Waals surface area contributed by atoms with Crippen LogP contribution in [0.3, 0.4) is 0 Å². The number of aliphatic carboxylic acids is 1. The molecule has 0 aliphatic carbocycles. The van der Waals surface area contributed by atoms with E-state index in [2.05, 4.69) is 0 Å². The van der Waals surface area contributed by atoms with Gasteiger partial charge in [0.2, 0.25) is 0 Å². The van der Waals surface area contributed by atoms with Gasteiger partial charge in [-0.2, -0.15) is 5.26 Å². The van der Waals surface area contributed by atoms with E-state index in [0.717, 1.165) is 11.1 Å². The molecule has 17 heavy (non-hydrogen) atoms. The summed E-state index contributed by atoms with van der Waals surface area (Å²) in [6, 6.07) is 5.19. The normalized spacial score (nSPS) is 13.6. The average Bonchev–Trinajstić information content (AvgIpc) is 2.31. The van der Waals surface area contributed by atoms with Crippen LogP contribution in [0.15, 0.2) is 12.1 Å². The average molecular weight is 233 g/mol. The topological polar surface area (TPSA) is 70.3 Å². The molecule has 0 saturated heterocycles. The second-order valence-electron chi connectivity index (χ2n) is 4.11. The highest BCUT2D eigenvalue weighted by molar-refractivity contribution is 5.85. The van der Waals surface area contributed by atoms with E-state index < -0.39 is 11.4 Å². The highest BCUT2D eigenvalue weighted by atomic mass is 16.5. The van der Waals surface area contributed by atoms with Crippen molar-refractivity contribution in [1.29, 1.82) is 5.26 Å². The lowest BCUT2D eigenvalue weighted by molar-refractivity contribution is -0.141. The molecule has 0 amide bonds. The number of hydrogen-bond acceptors (Lipinski definition) is 3. The lowest BCUT2D eigenvalue weighted by Crippen LogP contribution is -2.31. The monoisotopic (exact) mass is 233 g/mol. The first kappa shape index (κ1) is 13.0. The standard InChI is InChI=1S/C13H15NO3/c1-8-9(2)11(17-4)6-5-10(8)13(3,7-14)12(15)16/h5-6H,1-4H3,(H,15,16). The van der Waals surface area contributed by atoms with Crippen molar-refractivity contribution in [1.82, 2.24) is 0 Å². The van der Waals surface area contributed by atoms with E-state index in [1.54, 1.807) is 26.2 Å². The first-order valence-corrected chi connectivity index (χ1v) is 5.17. The van der Waals surface area contributed by atoms with Crippen LogP contribution in [0.5, 0.6) is 5.75 Å². The van der Waals surface area contributed by atoms with Crippen molar-refractivity contribution in [2.75, 3.05) is 7.11 Å². The molecule has 0 saturated carbocycles. The third kappa shape index (κ3) is 1.96. The van der Waals surface area contributed by atoms with Gasteiger partial charge in [0, 0.05) is 0 Å². The molecule has 0 bridgehead atoms. The van der Waals surface area contributed by atoms with Crippen molar-refractivity contribution in [2.24, 2.45) is 0 Å². The van der Waals surface area contributed by atoms with Gasteiger partial charge >= 0.3 is 5.97 Å².